The van der Waals surface area contributed by atoms with Gasteiger partial charge in [0.25, 0.3) is 0 Å². The van der Waals surface area contributed by atoms with Gasteiger partial charge in [0.1, 0.15) is 5.75 Å². The van der Waals surface area contributed by atoms with Gasteiger partial charge in [0.2, 0.25) is 5.91 Å². The van der Waals surface area contributed by atoms with Crippen molar-refractivity contribution in [2.75, 3.05) is 38.7 Å². The van der Waals surface area contributed by atoms with Gasteiger partial charge < -0.3 is 19.5 Å². The summed E-state index contributed by atoms with van der Waals surface area (Å²) in [6, 6.07) is 3.35. The zero-order valence-corrected chi connectivity index (χ0v) is 16.3. The Bertz CT molecular complexity index is 641. The van der Waals surface area contributed by atoms with E-state index >= 15 is 0 Å². The number of aryl methyl sites for hydroxylation is 1. The monoisotopic (exact) mass is 382 g/mol. The number of nitrogens with zero attached hydrogens (tertiary/aromatic N) is 1. The lowest BCUT2D eigenvalue weighted by Crippen LogP contribution is -2.47. The fraction of sp³-hybridized carbons (Fsp3) is 0.632. The summed E-state index contributed by atoms with van der Waals surface area (Å²) in [5.41, 5.74) is 1.54. The third kappa shape index (κ3) is 4.31. The van der Waals surface area contributed by atoms with Crippen molar-refractivity contribution in [2.45, 2.75) is 39.0 Å². The molecule has 7 heteroatoms. The van der Waals surface area contributed by atoms with Crippen LogP contribution in [0, 0.1) is 12.8 Å². The van der Waals surface area contributed by atoms with Crippen LogP contribution in [0.5, 0.6) is 5.75 Å². The van der Waals surface area contributed by atoms with Crippen LogP contribution in [0.2, 0.25) is 5.02 Å². The van der Waals surface area contributed by atoms with Crippen LogP contribution in [0.4, 0.5) is 5.69 Å². The molecule has 3 rings (SSSR count). The van der Waals surface area contributed by atoms with Crippen LogP contribution in [0.15, 0.2) is 12.1 Å². The van der Waals surface area contributed by atoms with E-state index in [4.69, 9.17) is 25.8 Å². The molecule has 0 aromatic heterocycles. The highest BCUT2D eigenvalue weighted by atomic mass is 35.5. The molecule has 1 N–H and O–H groups in total. The first-order chi connectivity index (χ1) is 12.5. The molecule has 0 aliphatic carbocycles. The summed E-state index contributed by atoms with van der Waals surface area (Å²) in [5.74, 6) is 0.940. The molecule has 2 saturated heterocycles. The molecule has 1 unspecified atom stereocenters. The quantitative estimate of drug-likeness (QED) is 0.848. The summed E-state index contributed by atoms with van der Waals surface area (Å²) in [4.78, 5) is 14.9. The molecule has 1 aromatic rings. The van der Waals surface area contributed by atoms with E-state index in [1.165, 1.54) is 0 Å². The van der Waals surface area contributed by atoms with Gasteiger partial charge in [0.05, 0.1) is 32.1 Å². The van der Waals surface area contributed by atoms with Crippen LogP contribution < -0.4 is 10.1 Å². The van der Waals surface area contributed by atoms with Gasteiger partial charge in [-0.15, -0.1) is 0 Å². The third-order valence-corrected chi connectivity index (χ3v) is 5.68. The molecule has 6 nitrogen and oxygen atoms in total. The highest BCUT2D eigenvalue weighted by Gasteiger charge is 2.33. The summed E-state index contributed by atoms with van der Waals surface area (Å²) in [5, 5.41) is 3.60. The number of rotatable bonds is 5. The largest absolute Gasteiger partial charge is 0.495 e. The third-order valence-electron chi connectivity index (χ3n) is 5.27. The summed E-state index contributed by atoms with van der Waals surface area (Å²) < 4.78 is 16.6. The maximum atomic E-state index is 12.7. The van der Waals surface area contributed by atoms with E-state index in [1.54, 1.807) is 13.2 Å². The number of piperidine rings is 1. The van der Waals surface area contributed by atoms with Crippen LogP contribution in [0.25, 0.3) is 0 Å². The lowest BCUT2D eigenvalue weighted by molar-refractivity contribution is -0.123. The molecule has 1 amide bonds. The Kier molecular flexibility index (Phi) is 6.40. The van der Waals surface area contributed by atoms with Crippen molar-refractivity contribution in [1.82, 2.24) is 4.90 Å². The Labute approximate surface area is 159 Å². The normalized spacial score (nSPS) is 20.9. The van der Waals surface area contributed by atoms with E-state index in [1.807, 2.05) is 19.9 Å². The molecule has 0 bridgehead atoms. The summed E-state index contributed by atoms with van der Waals surface area (Å²) >= 11 is 6.13. The number of ether oxygens (including phenoxy) is 3. The Morgan fingerprint density at radius 1 is 1.31 bits per heavy atom. The Morgan fingerprint density at radius 3 is 2.58 bits per heavy atom. The molecule has 1 atom stereocenters. The summed E-state index contributed by atoms with van der Waals surface area (Å²) in [7, 11) is 1.57. The molecule has 26 heavy (non-hydrogen) atoms. The van der Waals surface area contributed by atoms with Crippen molar-refractivity contribution in [3.8, 4) is 5.75 Å². The summed E-state index contributed by atoms with van der Waals surface area (Å²) in [6.07, 6.45) is 1.89. The average molecular weight is 383 g/mol. The topological polar surface area (TPSA) is 60.0 Å². The van der Waals surface area contributed by atoms with Crippen molar-refractivity contribution in [3.05, 3.63) is 22.7 Å². The van der Waals surface area contributed by atoms with Gasteiger partial charge >= 0.3 is 0 Å². The van der Waals surface area contributed by atoms with E-state index < -0.39 is 0 Å². The molecule has 1 aromatic carbocycles. The zero-order chi connectivity index (χ0) is 18.7. The number of carbonyl (C=O) groups is 1. The van der Waals surface area contributed by atoms with Gasteiger partial charge in [-0.05, 0) is 51.4 Å². The second-order valence-corrected chi connectivity index (χ2v) is 7.36. The molecule has 144 valence electrons. The number of amides is 1. The standard InChI is InChI=1S/C19H27ClN2O4/c1-12-10-16(17(24-3)11-15(12)20)21-18(23)13(2)22-6-4-14(5-7-22)19-25-8-9-26-19/h10-11,13-14,19H,4-9H2,1-3H3,(H,21,23). The zero-order valence-electron chi connectivity index (χ0n) is 15.6. The number of hydrogen-bond donors (Lipinski definition) is 1. The Balaban J connectivity index is 1.57. The molecular weight excluding hydrogens is 356 g/mol. The van der Waals surface area contributed by atoms with E-state index in [2.05, 4.69) is 10.2 Å². The molecule has 2 heterocycles. The molecule has 0 spiro atoms. The first-order valence-electron chi connectivity index (χ1n) is 9.12. The molecule has 2 fully saturated rings. The maximum Gasteiger partial charge on any atom is 0.241 e. The van der Waals surface area contributed by atoms with Gasteiger partial charge in [-0.25, -0.2) is 0 Å². The van der Waals surface area contributed by atoms with Crippen LogP contribution in [-0.2, 0) is 14.3 Å². The first kappa shape index (κ1) is 19.4. The highest BCUT2D eigenvalue weighted by molar-refractivity contribution is 6.31. The molecular formula is C19H27ClN2O4. The first-order valence-corrected chi connectivity index (χ1v) is 9.49. The average Bonchev–Trinajstić information content (AvgIpc) is 3.18. The lowest BCUT2D eigenvalue weighted by atomic mass is 9.95. The van der Waals surface area contributed by atoms with Crippen molar-refractivity contribution >= 4 is 23.2 Å². The minimum Gasteiger partial charge on any atom is -0.495 e. The van der Waals surface area contributed by atoms with E-state index in [0.717, 1.165) is 31.5 Å². The van der Waals surface area contributed by atoms with E-state index in [9.17, 15) is 4.79 Å². The number of carbonyl (C=O) groups excluding carboxylic acids is 1. The van der Waals surface area contributed by atoms with Crippen molar-refractivity contribution in [1.29, 1.82) is 0 Å². The highest BCUT2D eigenvalue weighted by Crippen LogP contribution is 2.31. The second kappa shape index (κ2) is 8.57. The fourth-order valence-corrected chi connectivity index (χ4v) is 3.71. The number of likely N-dealkylation sites (tertiary alicyclic amines) is 1. The van der Waals surface area contributed by atoms with Gasteiger partial charge in [0.15, 0.2) is 6.29 Å². The van der Waals surface area contributed by atoms with E-state index in [-0.39, 0.29) is 18.2 Å². The van der Waals surface area contributed by atoms with Crippen molar-refractivity contribution in [2.24, 2.45) is 5.92 Å². The number of hydrogen-bond acceptors (Lipinski definition) is 5. The number of methoxy groups -OCH3 is 1. The minimum absolute atomic E-state index is 0.0446. The van der Waals surface area contributed by atoms with Gasteiger partial charge in [-0.2, -0.15) is 0 Å². The van der Waals surface area contributed by atoms with Gasteiger partial charge in [-0.3, -0.25) is 9.69 Å². The van der Waals surface area contributed by atoms with Gasteiger partial charge in [0, 0.05) is 17.0 Å². The number of benzene rings is 1. The Hall–Kier alpha value is -1.34. The number of nitrogens with one attached hydrogen (secondary N) is 1. The van der Waals surface area contributed by atoms with Crippen molar-refractivity contribution in [3.63, 3.8) is 0 Å². The van der Waals surface area contributed by atoms with Crippen LogP contribution >= 0.6 is 11.6 Å². The molecule has 2 aliphatic heterocycles. The predicted octanol–water partition coefficient (Wildman–Crippen LogP) is 3.07. The summed E-state index contributed by atoms with van der Waals surface area (Å²) in [6.45, 7) is 6.93. The second-order valence-electron chi connectivity index (χ2n) is 6.95. The molecule has 0 radical (unpaired) electrons. The number of anilines is 1. The molecule has 0 saturated carbocycles. The fourth-order valence-electron chi connectivity index (χ4n) is 3.56. The van der Waals surface area contributed by atoms with Crippen molar-refractivity contribution < 1.29 is 19.0 Å². The van der Waals surface area contributed by atoms with Gasteiger partial charge in [-0.1, -0.05) is 11.6 Å². The SMILES string of the molecule is COc1cc(Cl)c(C)cc1NC(=O)C(C)N1CCC(C2OCCO2)CC1. The minimum atomic E-state index is -0.220. The van der Waals surface area contributed by atoms with Crippen LogP contribution in [0.1, 0.15) is 25.3 Å². The van der Waals surface area contributed by atoms with Crippen LogP contribution in [-0.4, -0.2) is 56.6 Å². The molecule has 2 aliphatic rings. The smallest absolute Gasteiger partial charge is 0.241 e. The predicted molar refractivity (Wildman–Crippen MR) is 101 cm³/mol. The Morgan fingerprint density at radius 2 is 1.96 bits per heavy atom. The maximum absolute atomic E-state index is 12.7. The van der Waals surface area contributed by atoms with Crippen LogP contribution in [0.3, 0.4) is 0 Å². The lowest BCUT2D eigenvalue weighted by Gasteiger charge is -2.36. The van der Waals surface area contributed by atoms with E-state index in [0.29, 0.717) is 35.6 Å². The number of halogens is 1.